The molecule has 0 aliphatic heterocycles. The Kier molecular flexibility index (Phi) is 9.76. The summed E-state index contributed by atoms with van der Waals surface area (Å²) in [5.74, 6) is 0. The molecule has 3 aromatic rings. The lowest BCUT2D eigenvalue weighted by Crippen LogP contribution is -2.48. The number of hydrogen-bond acceptors (Lipinski definition) is 2. The van der Waals surface area contributed by atoms with Gasteiger partial charge in [-0.3, -0.25) is 0 Å². The molecule has 3 rings (SSSR count). The Morgan fingerprint density at radius 1 is 0.968 bits per heavy atom. The minimum Gasteiger partial charge on any atom is -0.398 e. The maximum absolute atomic E-state index is 9.51. The van der Waals surface area contributed by atoms with Crippen molar-refractivity contribution in [3.05, 3.63) is 54.6 Å². The van der Waals surface area contributed by atoms with E-state index >= 15 is 0 Å². The number of aliphatic hydroxyl groups is 1. The number of nitrogens with one attached hydrogen (secondary N) is 1. The van der Waals surface area contributed by atoms with Crippen molar-refractivity contribution >= 4 is 75.8 Å². The first kappa shape index (κ1) is 26.5. The molecule has 1 aromatic heterocycles. The molecule has 2 aromatic carbocycles. The van der Waals surface area contributed by atoms with E-state index in [1.165, 1.54) is 34.4 Å². The number of benzene rings is 2. The van der Waals surface area contributed by atoms with E-state index in [1.54, 1.807) is 6.07 Å². The lowest BCUT2D eigenvalue weighted by molar-refractivity contribution is 0.300. The third-order valence-electron chi connectivity index (χ3n) is 6.39. The van der Waals surface area contributed by atoms with Gasteiger partial charge in [0, 0.05) is 42.1 Å². The molecule has 0 unspecified atom stereocenters. The summed E-state index contributed by atoms with van der Waals surface area (Å²) in [6.45, 7) is 11.1. The maximum atomic E-state index is 9.51. The molecule has 0 radical (unpaired) electrons. The minimum atomic E-state index is -1.50. The molecule has 31 heavy (non-hydrogen) atoms. The predicted octanol–water partition coefficient (Wildman–Crippen LogP) is 7.22. The fraction of sp³-hybridized carbons (Fsp3) is 0.417. The number of aromatic amines is 1. The van der Waals surface area contributed by atoms with Gasteiger partial charge in [-0.15, -0.1) is 0 Å². The van der Waals surface area contributed by atoms with E-state index in [0.717, 1.165) is 42.4 Å². The molecule has 4 N–H and O–H groups in total. The molecule has 3 nitrogen and oxygen atoms in total. The summed E-state index contributed by atoms with van der Waals surface area (Å²) < 4.78 is 1.06. The van der Waals surface area contributed by atoms with Crippen LogP contribution in [0.15, 0.2) is 24.3 Å². The van der Waals surface area contributed by atoms with Crippen LogP contribution in [-0.4, -0.2) is 24.8 Å². The van der Waals surface area contributed by atoms with Crippen LogP contribution in [0.1, 0.15) is 37.5 Å². The zero-order chi connectivity index (χ0) is 23.3. The number of H-pyrrole nitrogens is 1. The number of fused-ring (bicyclic) bond motifs is 1. The van der Waals surface area contributed by atoms with Crippen LogP contribution in [0.25, 0.3) is 10.9 Å². The number of aliphatic hydroxyl groups excluding tert-OH is 1. The average molecular weight is 591 g/mol. The highest BCUT2D eigenvalue weighted by Gasteiger charge is 2.33. The van der Waals surface area contributed by atoms with Crippen LogP contribution in [-0.2, 0) is 6.42 Å². The zero-order valence-electron chi connectivity index (χ0n) is 19.0. The smallest absolute Gasteiger partial charge is 0.107 e. The van der Waals surface area contributed by atoms with Crippen molar-refractivity contribution in [2.45, 2.75) is 59.2 Å². The molecule has 0 aliphatic rings. The predicted molar refractivity (Wildman–Crippen MR) is 149 cm³/mol. The molecule has 0 spiro atoms. The number of halogens is 3. The molecule has 170 valence electrons. The Morgan fingerprint density at radius 3 is 2.03 bits per heavy atom. The van der Waals surface area contributed by atoms with Crippen LogP contribution in [0.3, 0.4) is 0 Å². The van der Waals surface area contributed by atoms with Crippen LogP contribution in [0.2, 0.25) is 28.2 Å². The lowest BCUT2D eigenvalue weighted by atomic mass is 10.1. The first-order chi connectivity index (χ1) is 14.6. The molecule has 7 heteroatoms. The van der Waals surface area contributed by atoms with Crippen molar-refractivity contribution in [3.8, 4) is 0 Å². The number of nitrogen functional groups attached to an aromatic ring is 1. The monoisotopic (exact) mass is 590 g/mol. The van der Waals surface area contributed by atoms with Crippen LogP contribution in [0, 0.1) is 17.4 Å². The third kappa shape index (κ3) is 5.80. The molecular formula is C24H33Cl2IN2OSi. The van der Waals surface area contributed by atoms with E-state index in [9.17, 15) is 5.11 Å². The second kappa shape index (κ2) is 11.4. The van der Waals surface area contributed by atoms with E-state index in [2.05, 4.69) is 54.4 Å². The molecule has 0 fully saturated rings. The third-order valence-corrected chi connectivity index (χ3v) is 13.7. The molecule has 1 heterocycles. The van der Waals surface area contributed by atoms with Gasteiger partial charge in [0.05, 0.1) is 0 Å². The maximum Gasteiger partial charge on any atom is 0.107 e. The van der Waals surface area contributed by atoms with Gasteiger partial charge in [-0.25, -0.2) is 0 Å². The first-order valence-electron chi connectivity index (χ1n) is 10.8. The highest BCUT2D eigenvalue weighted by atomic mass is 127. The second-order valence-electron chi connectivity index (χ2n) is 8.06. The molecule has 0 saturated carbocycles. The number of rotatable bonds is 6. The SMILES string of the molecule is CC[Si](CC)(CC)c1[nH]c2cc(Cl)c(C)cc2c1CCO.Cc1cc(I)c(N)cc1Cl. The van der Waals surface area contributed by atoms with E-state index in [-0.39, 0.29) is 6.61 Å². The lowest BCUT2D eigenvalue weighted by Gasteiger charge is -2.28. The molecule has 0 aliphatic carbocycles. The van der Waals surface area contributed by atoms with Crippen molar-refractivity contribution in [2.75, 3.05) is 12.3 Å². The van der Waals surface area contributed by atoms with Crippen molar-refractivity contribution in [1.82, 2.24) is 4.98 Å². The largest absolute Gasteiger partial charge is 0.398 e. The summed E-state index contributed by atoms with van der Waals surface area (Å²) in [5.41, 5.74) is 11.0. The fourth-order valence-electron chi connectivity index (χ4n) is 4.15. The first-order valence-corrected chi connectivity index (χ1v) is 15.2. The number of nitrogens with two attached hydrogens (primary N) is 1. The van der Waals surface area contributed by atoms with Gasteiger partial charge in [0.15, 0.2) is 0 Å². The molecule has 0 amide bonds. The van der Waals surface area contributed by atoms with Gasteiger partial charge < -0.3 is 15.8 Å². The van der Waals surface area contributed by atoms with Gasteiger partial charge in [0.1, 0.15) is 8.07 Å². The number of aromatic nitrogens is 1. The van der Waals surface area contributed by atoms with E-state index in [4.69, 9.17) is 28.9 Å². The average Bonchev–Trinajstić information content (AvgIpc) is 3.07. The Labute approximate surface area is 210 Å². The molecular weight excluding hydrogens is 558 g/mol. The Balaban J connectivity index is 0.000000285. The quantitative estimate of drug-likeness (QED) is 0.161. The number of hydrogen-bond donors (Lipinski definition) is 3. The zero-order valence-corrected chi connectivity index (χ0v) is 23.7. The van der Waals surface area contributed by atoms with Gasteiger partial charge in [0.25, 0.3) is 0 Å². The van der Waals surface area contributed by atoms with E-state index in [0.29, 0.717) is 0 Å². The molecule has 0 saturated heterocycles. The standard InChI is InChI=1S/C17H26ClNOSi.C7H7ClIN/c1-5-21(6-2,7-3)17-13(8-9-20)14-10-12(4)15(18)11-16(14)19-17;1-4-2-6(9)7(10)3-5(4)8/h10-11,19-20H,5-9H2,1-4H3;2-3H,10H2,1H3. The Morgan fingerprint density at radius 2 is 1.52 bits per heavy atom. The minimum absolute atomic E-state index is 0.198. The van der Waals surface area contributed by atoms with Crippen molar-refractivity contribution < 1.29 is 5.11 Å². The van der Waals surface area contributed by atoms with Crippen molar-refractivity contribution in [2.24, 2.45) is 0 Å². The summed E-state index contributed by atoms with van der Waals surface area (Å²) in [7, 11) is -1.50. The number of aryl methyl sites for hydroxylation is 2. The summed E-state index contributed by atoms with van der Waals surface area (Å²) in [6.07, 6.45) is 0.727. The summed E-state index contributed by atoms with van der Waals surface area (Å²) in [4.78, 5) is 3.68. The van der Waals surface area contributed by atoms with Crippen LogP contribution in [0.5, 0.6) is 0 Å². The van der Waals surface area contributed by atoms with Gasteiger partial charge in [-0.05, 0) is 83.8 Å². The summed E-state index contributed by atoms with van der Waals surface area (Å²) >= 11 is 14.3. The van der Waals surface area contributed by atoms with Crippen molar-refractivity contribution in [1.29, 1.82) is 0 Å². The Hall–Kier alpha value is -0.733. The van der Waals surface area contributed by atoms with Crippen LogP contribution < -0.4 is 11.1 Å². The van der Waals surface area contributed by atoms with Crippen molar-refractivity contribution in [3.63, 3.8) is 0 Å². The number of anilines is 1. The summed E-state index contributed by atoms with van der Waals surface area (Å²) in [5, 5.41) is 13.7. The van der Waals surface area contributed by atoms with Crippen LogP contribution in [0.4, 0.5) is 5.69 Å². The topological polar surface area (TPSA) is 62.0 Å². The summed E-state index contributed by atoms with van der Waals surface area (Å²) in [6, 6.07) is 11.7. The van der Waals surface area contributed by atoms with Gasteiger partial charge in [0.2, 0.25) is 0 Å². The molecule has 0 bridgehead atoms. The highest BCUT2D eigenvalue weighted by Crippen LogP contribution is 2.29. The highest BCUT2D eigenvalue weighted by molar-refractivity contribution is 14.1. The Bertz CT molecular complexity index is 989. The van der Waals surface area contributed by atoms with Gasteiger partial charge >= 0.3 is 0 Å². The second-order valence-corrected chi connectivity index (χ2v) is 15.2. The van der Waals surface area contributed by atoms with E-state index in [1.807, 2.05) is 26.0 Å². The van der Waals surface area contributed by atoms with Gasteiger partial charge in [-0.2, -0.15) is 0 Å². The van der Waals surface area contributed by atoms with Crippen LogP contribution >= 0.6 is 45.8 Å². The van der Waals surface area contributed by atoms with Gasteiger partial charge in [-0.1, -0.05) is 62.1 Å². The fourth-order valence-corrected chi connectivity index (χ4v) is 8.96. The molecule has 0 atom stereocenters. The normalized spacial score (nSPS) is 11.5. The van der Waals surface area contributed by atoms with E-state index < -0.39 is 8.07 Å².